The second kappa shape index (κ2) is 4.53. The van der Waals surface area contributed by atoms with Crippen LogP contribution >= 0.6 is 0 Å². The van der Waals surface area contributed by atoms with E-state index in [1.165, 1.54) is 10.0 Å². The van der Waals surface area contributed by atoms with Crippen LogP contribution in [0.1, 0.15) is 6.42 Å². The first-order chi connectivity index (χ1) is 7.81. The lowest BCUT2D eigenvalue weighted by Crippen LogP contribution is -2.40. The zero-order valence-corrected chi connectivity index (χ0v) is 8.67. The number of amides is 1. The highest BCUT2D eigenvalue weighted by Crippen LogP contribution is 2.14. The van der Waals surface area contributed by atoms with E-state index in [-0.39, 0.29) is 0 Å². The zero-order valence-electron chi connectivity index (χ0n) is 8.67. The highest BCUT2D eigenvalue weighted by Gasteiger charge is 2.27. The Morgan fingerprint density at radius 1 is 1.31 bits per heavy atom. The van der Waals surface area contributed by atoms with Gasteiger partial charge in [-0.2, -0.15) is 5.26 Å². The van der Waals surface area contributed by atoms with E-state index >= 15 is 0 Å². The molecule has 16 heavy (non-hydrogen) atoms. The lowest BCUT2D eigenvalue weighted by molar-refractivity contribution is 0.0801. The number of rotatable bonds is 1. The molecule has 1 aromatic rings. The van der Waals surface area contributed by atoms with E-state index in [4.69, 9.17) is 10.00 Å². The van der Waals surface area contributed by atoms with Gasteiger partial charge in [-0.3, -0.25) is 0 Å². The van der Waals surface area contributed by atoms with Gasteiger partial charge in [0.1, 0.15) is 5.75 Å². The Morgan fingerprint density at radius 2 is 2.06 bits per heavy atom. The molecule has 1 aliphatic rings. The smallest absolute Gasteiger partial charge is 0.409 e. The first-order valence-electron chi connectivity index (χ1n) is 5.03. The summed E-state index contributed by atoms with van der Waals surface area (Å²) in [4.78, 5) is 11.7. The van der Waals surface area contributed by atoms with Gasteiger partial charge >= 0.3 is 6.09 Å². The van der Waals surface area contributed by atoms with Crippen molar-refractivity contribution in [3.63, 3.8) is 0 Å². The number of nitriles is 1. The summed E-state index contributed by atoms with van der Waals surface area (Å²) in [6, 6.07) is 8.81. The number of hydrogen-bond donors (Lipinski definition) is 0. The molecule has 0 N–H and O–H groups in total. The zero-order chi connectivity index (χ0) is 11.4. The molecule has 1 fully saturated rings. The summed E-state index contributed by atoms with van der Waals surface area (Å²) in [5.74, 6) is 0.484. The Balaban J connectivity index is 2.01. The summed E-state index contributed by atoms with van der Waals surface area (Å²) in [5, 5.41) is 11.4. The third-order valence-corrected chi connectivity index (χ3v) is 2.31. The van der Waals surface area contributed by atoms with E-state index < -0.39 is 6.09 Å². The summed E-state index contributed by atoms with van der Waals surface area (Å²) >= 11 is 0. The van der Waals surface area contributed by atoms with Gasteiger partial charge in [-0.15, -0.1) is 0 Å². The fraction of sp³-hybridized carbons (Fsp3) is 0.273. The van der Waals surface area contributed by atoms with Crippen LogP contribution < -0.4 is 4.74 Å². The molecule has 2 rings (SSSR count). The van der Waals surface area contributed by atoms with Crippen LogP contribution in [-0.4, -0.2) is 29.2 Å². The van der Waals surface area contributed by atoms with Crippen LogP contribution in [0.2, 0.25) is 0 Å². The highest BCUT2D eigenvalue weighted by molar-refractivity contribution is 5.70. The lowest BCUT2D eigenvalue weighted by atomic mass is 10.3. The fourth-order valence-corrected chi connectivity index (χ4v) is 1.55. The maximum absolute atomic E-state index is 11.7. The molecule has 1 saturated heterocycles. The monoisotopic (exact) mass is 217 g/mol. The molecule has 1 aromatic carbocycles. The SMILES string of the molecule is N#CN1CCCN1C(=O)Oc1ccccc1. The second-order valence-electron chi connectivity index (χ2n) is 3.38. The Labute approximate surface area is 93.4 Å². The van der Waals surface area contributed by atoms with Crippen LogP contribution in [0.25, 0.3) is 0 Å². The van der Waals surface area contributed by atoms with Gasteiger partial charge in [0.25, 0.3) is 0 Å². The van der Waals surface area contributed by atoms with Crippen molar-refractivity contribution in [1.82, 2.24) is 10.0 Å². The molecule has 0 atom stereocenters. The number of benzene rings is 1. The van der Waals surface area contributed by atoms with Gasteiger partial charge in [0, 0.05) is 6.54 Å². The van der Waals surface area contributed by atoms with Gasteiger partial charge in [-0.05, 0) is 18.6 Å². The molecule has 1 aliphatic heterocycles. The maximum Gasteiger partial charge on any atom is 0.434 e. The molecular formula is C11H11N3O2. The van der Waals surface area contributed by atoms with Gasteiger partial charge in [0.15, 0.2) is 6.19 Å². The van der Waals surface area contributed by atoms with E-state index in [1.54, 1.807) is 24.3 Å². The Hall–Kier alpha value is -2.22. The van der Waals surface area contributed by atoms with Gasteiger partial charge in [-0.1, -0.05) is 18.2 Å². The highest BCUT2D eigenvalue weighted by atomic mass is 16.6. The van der Waals surface area contributed by atoms with Crippen LogP contribution in [-0.2, 0) is 0 Å². The Morgan fingerprint density at radius 3 is 2.75 bits per heavy atom. The topological polar surface area (TPSA) is 56.6 Å². The van der Waals surface area contributed by atoms with Crippen LogP contribution in [0.3, 0.4) is 0 Å². The molecule has 5 nitrogen and oxygen atoms in total. The third kappa shape index (κ3) is 2.06. The normalized spacial score (nSPS) is 14.7. The van der Waals surface area contributed by atoms with Crippen LogP contribution in [0, 0.1) is 11.5 Å². The number of ether oxygens (including phenoxy) is 1. The minimum Gasteiger partial charge on any atom is -0.409 e. The predicted molar refractivity (Wildman–Crippen MR) is 56.1 cm³/mol. The molecule has 0 bridgehead atoms. The minimum atomic E-state index is -0.509. The van der Waals surface area contributed by atoms with Gasteiger partial charge in [0.2, 0.25) is 0 Å². The molecule has 1 amide bonds. The number of nitrogens with zero attached hydrogens (tertiary/aromatic N) is 3. The van der Waals surface area contributed by atoms with Gasteiger partial charge in [-0.25, -0.2) is 14.8 Å². The third-order valence-electron chi connectivity index (χ3n) is 2.31. The van der Waals surface area contributed by atoms with Crippen LogP contribution in [0.5, 0.6) is 5.75 Å². The summed E-state index contributed by atoms with van der Waals surface area (Å²) in [6.45, 7) is 1.10. The fourth-order valence-electron chi connectivity index (χ4n) is 1.55. The molecule has 0 unspecified atom stereocenters. The molecule has 1 heterocycles. The number of carbonyl (C=O) groups excluding carboxylic acids is 1. The molecule has 0 saturated carbocycles. The van der Waals surface area contributed by atoms with Crippen molar-refractivity contribution in [3.8, 4) is 11.9 Å². The Bertz CT molecular complexity index is 413. The van der Waals surface area contributed by atoms with Crippen molar-refractivity contribution in [3.05, 3.63) is 30.3 Å². The first-order valence-corrected chi connectivity index (χ1v) is 5.03. The molecule has 82 valence electrons. The van der Waals surface area contributed by atoms with Crippen molar-refractivity contribution in [2.75, 3.05) is 13.1 Å². The van der Waals surface area contributed by atoms with E-state index in [1.807, 2.05) is 12.3 Å². The van der Waals surface area contributed by atoms with Crippen LogP contribution in [0.15, 0.2) is 30.3 Å². The van der Waals surface area contributed by atoms with Crippen LogP contribution in [0.4, 0.5) is 4.79 Å². The number of carbonyl (C=O) groups is 1. The second-order valence-corrected chi connectivity index (χ2v) is 3.38. The quantitative estimate of drug-likeness (QED) is 0.670. The predicted octanol–water partition coefficient (Wildman–Crippen LogP) is 1.59. The van der Waals surface area contributed by atoms with Crippen molar-refractivity contribution in [2.24, 2.45) is 0 Å². The summed E-state index contributed by atoms with van der Waals surface area (Å²) in [6.07, 6.45) is 2.22. The number of hydrogen-bond acceptors (Lipinski definition) is 4. The number of hydrazine groups is 1. The molecule has 0 aliphatic carbocycles. The maximum atomic E-state index is 11.7. The van der Waals surface area contributed by atoms with Gasteiger partial charge < -0.3 is 4.74 Å². The molecule has 0 spiro atoms. The van der Waals surface area contributed by atoms with E-state index in [0.717, 1.165) is 6.42 Å². The summed E-state index contributed by atoms with van der Waals surface area (Å²) in [5.41, 5.74) is 0. The standard InChI is InChI=1S/C11H11N3O2/c12-9-13-7-4-8-14(13)11(15)16-10-5-2-1-3-6-10/h1-3,5-6H,4,7-8H2. The van der Waals surface area contributed by atoms with Crippen molar-refractivity contribution in [2.45, 2.75) is 6.42 Å². The van der Waals surface area contributed by atoms with Gasteiger partial charge in [0.05, 0.1) is 6.54 Å². The van der Waals surface area contributed by atoms with E-state index in [9.17, 15) is 4.79 Å². The Kier molecular flexibility index (Phi) is 2.92. The average Bonchev–Trinajstić information content (AvgIpc) is 2.78. The largest absolute Gasteiger partial charge is 0.434 e. The molecular weight excluding hydrogens is 206 g/mol. The van der Waals surface area contributed by atoms with Crippen molar-refractivity contribution >= 4 is 6.09 Å². The lowest BCUT2D eigenvalue weighted by Gasteiger charge is -2.21. The summed E-state index contributed by atoms with van der Waals surface area (Å²) in [7, 11) is 0. The number of para-hydroxylation sites is 1. The average molecular weight is 217 g/mol. The minimum absolute atomic E-state index is 0.484. The first kappa shape index (κ1) is 10.3. The molecule has 5 heteroatoms. The van der Waals surface area contributed by atoms with Crippen molar-refractivity contribution < 1.29 is 9.53 Å². The molecule has 0 aromatic heterocycles. The van der Waals surface area contributed by atoms with E-state index in [0.29, 0.717) is 18.8 Å². The molecule has 0 radical (unpaired) electrons. The van der Waals surface area contributed by atoms with Crippen molar-refractivity contribution in [1.29, 1.82) is 5.26 Å². The summed E-state index contributed by atoms with van der Waals surface area (Å²) < 4.78 is 5.12. The van der Waals surface area contributed by atoms with E-state index in [2.05, 4.69) is 0 Å².